The minimum absolute atomic E-state index is 0.156. The number of nitrogens with zero attached hydrogens (tertiary/aromatic N) is 3. The van der Waals surface area contributed by atoms with Crippen molar-refractivity contribution in [2.45, 2.75) is 65.2 Å². The molecule has 5 heteroatoms. The zero-order valence-corrected chi connectivity index (χ0v) is 18.8. The first-order valence-electron chi connectivity index (χ1n) is 11.1. The summed E-state index contributed by atoms with van der Waals surface area (Å²) in [6.07, 6.45) is 7.80. The van der Waals surface area contributed by atoms with Crippen LogP contribution >= 0.6 is 0 Å². The highest BCUT2D eigenvalue weighted by Crippen LogP contribution is 2.38. The van der Waals surface area contributed by atoms with Crippen molar-refractivity contribution in [1.29, 1.82) is 0 Å². The van der Waals surface area contributed by atoms with Crippen LogP contribution in [0.3, 0.4) is 0 Å². The third-order valence-electron chi connectivity index (χ3n) is 6.40. The molecule has 0 atom stereocenters. The molecule has 1 aliphatic rings. The molecule has 0 spiro atoms. The topological polar surface area (TPSA) is 67.8 Å². The number of carbonyl (C=O) groups is 1. The normalized spacial score (nSPS) is 14.3. The van der Waals surface area contributed by atoms with Crippen LogP contribution in [-0.4, -0.2) is 20.7 Å². The van der Waals surface area contributed by atoms with Crippen molar-refractivity contribution in [1.82, 2.24) is 15.0 Å². The average Bonchev–Trinajstić information content (AvgIpc) is 3.08. The minimum atomic E-state index is 0.156. The molecule has 0 radical (unpaired) electrons. The molecule has 0 saturated heterocycles. The van der Waals surface area contributed by atoms with E-state index in [1.54, 1.807) is 6.20 Å². The van der Waals surface area contributed by atoms with Gasteiger partial charge in [-0.25, -0.2) is 9.97 Å². The molecule has 31 heavy (non-hydrogen) atoms. The van der Waals surface area contributed by atoms with Crippen LogP contribution in [0, 0.1) is 6.92 Å². The van der Waals surface area contributed by atoms with Crippen LogP contribution < -0.4 is 5.32 Å². The number of hydrogen-bond donors (Lipinski definition) is 1. The van der Waals surface area contributed by atoms with E-state index in [1.807, 2.05) is 31.3 Å². The van der Waals surface area contributed by atoms with Gasteiger partial charge in [0.15, 0.2) is 0 Å². The van der Waals surface area contributed by atoms with Gasteiger partial charge in [-0.3, -0.25) is 9.78 Å². The third kappa shape index (κ3) is 4.50. The number of aromatic nitrogens is 3. The summed E-state index contributed by atoms with van der Waals surface area (Å²) < 4.78 is 0. The highest BCUT2D eigenvalue weighted by Gasteiger charge is 2.31. The van der Waals surface area contributed by atoms with E-state index in [9.17, 15) is 4.79 Å². The molecule has 0 unspecified atom stereocenters. The molecule has 2 heterocycles. The van der Waals surface area contributed by atoms with Gasteiger partial charge >= 0.3 is 0 Å². The van der Waals surface area contributed by atoms with Crippen molar-refractivity contribution in [2.75, 3.05) is 5.32 Å². The summed E-state index contributed by atoms with van der Waals surface area (Å²) in [5, 5.41) is 3.37. The third-order valence-corrected chi connectivity index (χ3v) is 6.40. The molecule has 2 aromatic heterocycles. The molecule has 0 bridgehead atoms. The number of pyridine rings is 1. The van der Waals surface area contributed by atoms with Crippen molar-refractivity contribution in [3.63, 3.8) is 0 Å². The quantitative estimate of drug-likeness (QED) is 0.535. The molecule has 0 fully saturated rings. The van der Waals surface area contributed by atoms with E-state index in [4.69, 9.17) is 9.97 Å². The summed E-state index contributed by atoms with van der Waals surface area (Å²) in [7, 11) is 0. The zero-order valence-electron chi connectivity index (χ0n) is 18.8. The number of rotatable bonds is 7. The second kappa shape index (κ2) is 8.58. The van der Waals surface area contributed by atoms with Gasteiger partial charge in [0, 0.05) is 42.2 Å². The van der Waals surface area contributed by atoms with E-state index in [1.165, 1.54) is 16.8 Å². The van der Waals surface area contributed by atoms with Crippen molar-refractivity contribution >= 4 is 17.4 Å². The Labute approximate surface area is 184 Å². The molecule has 1 N–H and O–H groups in total. The molecular formula is C26H30N4O. The lowest BCUT2D eigenvalue weighted by atomic mass is 9.86. The van der Waals surface area contributed by atoms with Gasteiger partial charge in [-0.15, -0.1) is 0 Å². The van der Waals surface area contributed by atoms with Gasteiger partial charge in [0.05, 0.1) is 5.69 Å². The van der Waals surface area contributed by atoms with Gasteiger partial charge in [0.25, 0.3) is 0 Å². The summed E-state index contributed by atoms with van der Waals surface area (Å²) in [6.45, 7) is 8.54. The van der Waals surface area contributed by atoms with Gasteiger partial charge in [0.1, 0.15) is 5.78 Å². The Kier molecular flexibility index (Phi) is 5.86. The average molecular weight is 415 g/mol. The molecule has 1 aliphatic carbocycles. The van der Waals surface area contributed by atoms with Crippen LogP contribution in [0.4, 0.5) is 11.6 Å². The Bertz CT molecular complexity index is 1120. The summed E-state index contributed by atoms with van der Waals surface area (Å²) in [5.41, 5.74) is 7.82. The Hall–Kier alpha value is -3.08. The first-order chi connectivity index (χ1) is 14.9. The van der Waals surface area contributed by atoms with E-state index in [0.29, 0.717) is 24.6 Å². The maximum absolute atomic E-state index is 11.7. The van der Waals surface area contributed by atoms with Crippen molar-refractivity contribution in [2.24, 2.45) is 0 Å². The summed E-state index contributed by atoms with van der Waals surface area (Å²) >= 11 is 0. The van der Waals surface area contributed by atoms with Crippen molar-refractivity contribution in [3.05, 3.63) is 65.1 Å². The lowest BCUT2D eigenvalue weighted by molar-refractivity contribution is -0.118. The van der Waals surface area contributed by atoms with E-state index < -0.39 is 0 Å². The number of hydrogen-bond acceptors (Lipinski definition) is 5. The fourth-order valence-electron chi connectivity index (χ4n) is 4.22. The highest BCUT2D eigenvalue weighted by molar-refractivity contribution is 5.78. The molecule has 1 aromatic carbocycles. The molecule has 0 aliphatic heterocycles. The molecule has 3 aromatic rings. The number of fused-ring (bicyclic) bond motifs is 1. The largest absolute Gasteiger partial charge is 0.324 e. The SMILES string of the molecule is CCC(=O)CCc1cccc(Nc2nccc(-c3cnc4c(c3)C(C)(C)CC4)n2)c1C. The maximum Gasteiger partial charge on any atom is 0.227 e. The molecular weight excluding hydrogens is 384 g/mol. The molecule has 0 amide bonds. The summed E-state index contributed by atoms with van der Waals surface area (Å²) in [6, 6.07) is 10.3. The predicted octanol–water partition coefficient (Wildman–Crippen LogP) is 5.73. The van der Waals surface area contributed by atoms with Crippen LogP contribution in [0.25, 0.3) is 11.3 Å². The monoisotopic (exact) mass is 414 g/mol. The molecule has 4 rings (SSSR count). The first-order valence-corrected chi connectivity index (χ1v) is 11.1. The van der Waals surface area contributed by atoms with Crippen molar-refractivity contribution in [3.8, 4) is 11.3 Å². The molecule has 5 nitrogen and oxygen atoms in total. The number of benzene rings is 1. The summed E-state index contributed by atoms with van der Waals surface area (Å²) in [4.78, 5) is 25.6. The fraction of sp³-hybridized carbons (Fsp3) is 0.385. The smallest absolute Gasteiger partial charge is 0.227 e. The fourth-order valence-corrected chi connectivity index (χ4v) is 4.22. The van der Waals surface area contributed by atoms with E-state index >= 15 is 0 Å². The van der Waals surface area contributed by atoms with Crippen LogP contribution in [0.1, 0.15) is 62.4 Å². The maximum atomic E-state index is 11.7. The minimum Gasteiger partial charge on any atom is -0.324 e. The van der Waals surface area contributed by atoms with Crippen LogP contribution in [0.5, 0.6) is 0 Å². The van der Waals surface area contributed by atoms with Gasteiger partial charge in [0.2, 0.25) is 5.95 Å². The number of Topliss-reactive ketones (excluding diaryl/α,β-unsaturated/α-hetero) is 1. The number of ketones is 1. The van der Waals surface area contributed by atoms with E-state index in [2.05, 4.69) is 43.2 Å². The van der Waals surface area contributed by atoms with Gasteiger partial charge < -0.3 is 5.32 Å². The summed E-state index contributed by atoms with van der Waals surface area (Å²) in [5.74, 6) is 0.849. The Balaban J connectivity index is 1.57. The highest BCUT2D eigenvalue weighted by atomic mass is 16.1. The van der Waals surface area contributed by atoms with Gasteiger partial charge in [-0.2, -0.15) is 0 Å². The number of carbonyl (C=O) groups excluding carboxylic acids is 1. The zero-order chi connectivity index (χ0) is 22.0. The number of nitrogens with one attached hydrogen (secondary N) is 1. The lowest BCUT2D eigenvalue weighted by Gasteiger charge is -2.19. The van der Waals surface area contributed by atoms with Crippen molar-refractivity contribution < 1.29 is 4.79 Å². The molecule has 0 saturated carbocycles. The van der Waals surface area contributed by atoms with Crippen LogP contribution in [0.15, 0.2) is 42.7 Å². The van der Waals surface area contributed by atoms with Crippen LogP contribution in [0.2, 0.25) is 0 Å². The Morgan fingerprint density at radius 1 is 1.19 bits per heavy atom. The van der Waals surface area contributed by atoms with E-state index in [-0.39, 0.29) is 5.41 Å². The second-order valence-electron chi connectivity index (χ2n) is 8.97. The van der Waals surface area contributed by atoms with Gasteiger partial charge in [-0.05, 0) is 66.5 Å². The second-order valence-corrected chi connectivity index (χ2v) is 8.97. The lowest BCUT2D eigenvalue weighted by Crippen LogP contribution is -2.12. The standard InChI is InChI=1S/C26H30N4O/c1-5-20(31)10-9-18-7-6-8-22(17(18)2)29-25-27-14-12-23(30-25)19-15-21-24(28-16-19)11-13-26(21,3)4/h6-8,12,14-16H,5,9-11,13H2,1-4H3,(H,27,29,30). The number of anilines is 2. The van der Waals surface area contributed by atoms with Crippen LogP contribution in [-0.2, 0) is 23.1 Å². The predicted molar refractivity (Wildman–Crippen MR) is 125 cm³/mol. The Morgan fingerprint density at radius 3 is 2.84 bits per heavy atom. The first kappa shape index (κ1) is 21.2. The number of aryl methyl sites for hydroxylation is 2. The van der Waals surface area contributed by atoms with E-state index in [0.717, 1.165) is 41.8 Å². The Morgan fingerprint density at radius 2 is 2.03 bits per heavy atom. The van der Waals surface area contributed by atoms with Gasteiger partial charge in [-0.1, -0.05) is 32.9 Å². The molecule has 160 valence electrons.